The maximum atomic E-state index is 12.1. The number of hydrogen-bond acceptors (Lipinski definition) is 3. The van der Waals surface area contributed by atoms with Crippen molar-refractivity contribution >= 4 is 39.6 Å². The average molecular weight is 339 g/mol. The molecule has 0 N–H and O–H groups in total. The van der Waals surface area contributed by atoms with Crippen molar-refractivity contribution in [3.63, 3.8) is 0 Å². The van der Waals surface area contributed by atoms with Crippen LogP contribution in [-0.4, -0.2) is 17.1 Å². The maximum absolute atomic E-state index is 12.1. The van der Waals surface area contributed by atoms with E-state index >= 15 is 0 Å². The first kappa shape index (κ1) is 13.9. The van der Waals surface area contributed by atoms with Gasteiger partial charge in [0.25, 0.3) is 0 Å². The lowest BCUT2D eigenvalue weighted by Gasteiger charge is -2.05. The molecule has 19 heavy (non-hydrogen) atoms. The van der Waals surface area contributed by atoms with Crippen LogP contribution in [0.5, 0.6) is 0 Å². The van der Waals surface area contributed by atoms with Crippen LogP contribution in [-0.2, 0) is 6.42 Å². The number of rotatable bonds is 4. The summed E-state index contributed by atoms with van der Waals surface area (Å²) in [5.41, 5.74) is 1.50. The Balaban J connectivity index is 2.20. The standard InChI is InChI=1S/C14H9BrClNO2/c15-11-3-1-2-10(14(11)16)6-13(19)12-5-4-9(8-18)7-17-12/h1-5,7-8H,6H2. The molecule has 1 aromatic carbocycles. The van der Waals surface area contributed by atoms with Gasteiger partial charge in [0.1, 0.15) is 5.69 Å². The number of carbonyl (C=O) groups is 2. The summed E-state index contributed by atoms with van der Waals surface area (Å²) < 4.78 is 0.753. The number of aldehydes is 1. The zero-order valence-electron chi connectivity index (χ0n) is 9.77. The molecule has 0 saturated heterocycles. The van der Waals surface area contributed by atoms with E-state index in [4.69, 9.17) is 11.6 Å². The average Bonchev–Trinajstić information content (AvgIpc) is 2.44. The van der Waals surface area contributed by atoms with Crippen LogP contribution >= 0.6 is 27.5 Å². The first-order valence-corrected chi connectivity index (χ1v) is 6.66. The highest BCUT2D eigenvalue weighted by Crippen LogP contribution is 2.26. The van der Waals surface area contributed by atoms with Crippen molar-refractivity contribution in [2.45, 2.75) is 6.42 Å². The SMILES string of the molecule is O=Cc1ccc(C(=O)Cc2cccc(Br)c2Cl)nc1. The minimum Gasteiger partial charge on any atom is -0.298 e. The number of ketones is 1. The molecule has 0 aliphatic heterocycles. The summed E-state index contributed by atoms with van der Waals surface area (Å²) in [6.45, 7) is 0. The Kier molecular flexibility index (Phi) is 4.45. The predicted octanol–water partition coefficient (Wildman–Crippen LogP) is 3.74. The molecule has 96 valence electrons. The van der Waals surface area contributed by atoms with Crippen LogP contribution in [0.15, 0.2) is 41.0 Å². The molecule has 0 spiro atoms. The minimum absolute atomic E-state index is 0.141. The molecule has 1 heterocycles. The van der Waals surface area contributed by atoms with Gasteiger partial charge in [0.15, 0.2) is 12.1 Å². The Morgan fingerprint density at radius 1 is 1.32 bits per heavy atom. The van der Waals surface area contributed by atoms with Gasteiger partial charge in [0.05, 0.1) is 5.02 Å². The van der Waals surface area contributed by atoms with Crippen molar-refractivity contribution < 1.29 is 9.59 Å². The number of nitrogens with zero attached hydrogens (tertiary/aromatic N) is 1. The summed E-state index contributed by atoms with van der Waals surface area (Å²) >= 11 is 9.42. The number of aromatic nitrogens is 1. The molecule has 0 amide bonds. The van der Waals surface area contributed by atoms with Crippen LogP contribution < -0.4 is 0 Å². The highest BCUT2D eigenvalue weighted by molar-refractivity contribution is 9.10. The van der Waals surface area contributed by atoms with Crippen LogP contribution in [0.25, 0.3) is 0 Å². The predicted molar refractivity (Wildman–Crippen MR) is 76.8 cm³/mol. The monoisotopic (exact) mass is 337 g/mol. The summed E-state index contributed by atoms with van der Waals surface area (Å²) in [5, 5.41) is 0.528. The van der Waals surface area contributed by atoms with E-state index in [1.807, 2.05) is 12.1 Å². The van der Waals surface area contributed by atoms with Crippen LogP contribution in [0.1, 0.15) is 26.4 Å². The fourth-order valence-corrected chi connectivity index (χ4v) is 2.19. The van der Waals surface area contributed by atoms with Gasteiger partial charge in [-0.25, -0.2) is 0 Å². The lowest BCUT2D eigenvalue weighted by Crippen LogP contribution is -2.06. The summed E-state index contributed by atoms with van der Waals surface area (Å²) in [6.07, 6.45) is 2.24. The Labute approximate surface area is 123 Å². The third-order valence-corrected chi connectivity index (χ3v) is 3.93. The van der Waals surface area contributed by atoms with Gasteiger partial charge in [0, 0.05) is 22.7 Å². The number of Topliss-reactive ketones (excluding diaryl/α,β-unsaturated/α-hetero) is 1. The fraction of sp³-hybridized carbons (Fsp3) is 0.0714. The van der Waals surface area contributed by atoms with E-state index < -0.39 is 0 Å². The smallest absolute Gasteiger partial charge is 0.185 e. The molecule has 0 bridgehead atoms. The molecule has 0 atom stereocenters. The number of pyridine rings is 1. The van der Waals surface area contributed by atoms with Gasteiger partial charge in [-0.05, 0) is 39.7 Å². The molecule has 2 aromatic rings. The van der Waals surface area contributed by atoms with E-state index in [2.05, 4.69) is 20.9 Å². The number of hydrogen-bond donors (Lipinski definition) is 0. The fourth-order valence-electron chi connectivity index (χ4n) is 1.59. The molecule has 2 rings (SSSR count). The molecule has 0 radical (unpaired) electrons. The number of benzene rings is 1. The second kappa shape index (κ2) is 6.08. The minimum atomic E-state index is -0.141. The molecule has 0 fully saturated rings. The van der Waals surface area contributed by atoms with Gasteiger partial charge < -0.3 is 0 Å². The van der Waals surface area contributed by atoms with Crippen LogP contribution in [0.3, 0.4) is 0 Å². The lowest BCUT2D eigenvalue weighted by atomic mass is 10.1. The molecule has 0 aliphatic rings. The third kappa shape index (κ3) is 3.28. The van der Waals surface area contributed by atoms with Crippen LogP contribution in [0, 0.1) is 0 Å². The summed E-state index contributed by atoms with van der Waals surface area (Å²) in [7, 11) is 0. The summed E-state index contributed by atoms with van der Waals surface area (Å²) in [4.78, 5) is 26.5. The summed E-state index contributed by atoms with van der Waals surface area (Å²) in [6, 6.07) is 8.54. The Morgan fingerprint density at radius 2 is 2.11 bits per heavy atom. The summed E-state index contributed by atoms with van der Waals surface area (Å²) in [5.74, 6) is -0.141. The molecule has 0 unspecified atom stereocenters. The van der Waals surface area contributed by atoms with Gasteiger partial charge >= 0.3 is 0 Å². The molecule has 0 saturated carbocycles. The maximum Gasteiger partial charge on any atom is 0.185 e. The van der Waals surface area contributed by atoms with Crippen molar-refractivity contribution in [1.29, 1.82) is 0 Å². The second-order valence-electron chi connectivity index (χ2n) is 3.91. The van der Waals surface area contributed by atoms with Crippen LogP contribution in [0.4, 0.5) is 0 Å². The van der Waals surface area contributed by atoms with E-state index in [-0.39, 0.29) is 12.2 Å². The molecule has 5 heteroatoms. The Morgan fingerprint density at radius 3 is 2.74 bits per heavy atom. The van der Waals surface area contributed by atoms with Crippen molar-refractivity contribution in [1.82, 2.24) is 4.98 Å². The van der Waals surface area contributed by atoms with Crippen LogP contribution in [0.2, 0.25) is 5.02 Å². The third-order valence-electron chi connectivity index (χ3n) is 2.59. The number of carbonyl (C=O) groups excluding carboxylic acids is 2. The van der Waals surface area contributed by atoms with Gasteiger partial charge in [0.2, 0.25) is 0 Å². The van der Waals surface area contributed by atoms with Crippen molar-refractivity contribution in [2.24, 2.45) is 0 Å². The van der Waals surface area contributed by atoms with Gasteiger partial charge in [-0.3, -0.25) is 14.6 Å². The van der Waals surface area contributed by atoms with Crippen molar-refractivity contribution in [3.05, 3.63) is 62.8 Å². The van der Waals surface area contributed by atoms with Crippen molar-refractivity contribution in [3.8, 4) is 0 Å². The van der Waals surface area contributed by atoms with E-state index in [9.17, 15) is 9.59 Å². The van der Waals surface area contributed by atoms with Gasteiger partial charge in [-0.15, -0.1) is 0 Å². The lowest BCUT2D eigenvalue weighted by molar-refractivity contribution is 0.0987. The topological polar surface area (TPSA) is 47.0 Å². The zero-order chi connectivity index (χ0) is 13.8. The Bertz CT molecular complexity index is 626. The first-order valence-electron chi connectivity index (χ1n) is 5.49. The molecule has 3 nitrogen and oxygen atoms in total. The number of halogens is 2. The molecule has 1 aromatic heterocycles. The van der Waals surface area contributed by atoms with E-state index in [0.717, 1.165) is 10.0 Å². The Hall–Kier alpha value is -1.52. The normalized spacial score (nSPS) is 10.2. The quantitative estimate of drug-likeness (QED) is 0.630. The van der Waals surface area contributed by atoms with Gasteiger partial charge in [-0.2, -0.15) is 0 Å². The van der Waals surface area contributed by atoms with E-state index in [0.29, 0.717) is 22.6 Å². The van der Waals surface area contributed by atoms with Crippen molar-refractivity contribution in [2.75, 3.05) is 0 Å². The largest absolute Gasteiger partial charge is 0.298 e. The molecular weight excluding hydrogens is 330 g/mol. The molecular formula is C14H9BrClNO2. The van der Waals surface area contributed by atoms with E-state index in [1.54, 1.807) is 12.1 Å². The molecule has 0 aliphatic carbocycles. The first-order chi connectivity index (χ1) is 9.11. The highest BCUT2D eigenvalue weighted by atomic mass is 79.9. The zero-order valence-corrected chi connectivity index (χ0v) is 12.1. The highest BCUT2D eigenvalue weighted by Gasteiger charge is 2.12. The second-order valence-corrected chi connectivity index (χ2v) is 5.14. The van der Waals surface area contributed by atoms with E-state index in [1.165, 1.54) is 12.3 Å². The van der Waals surface area contributed by atoms with Gasteiger partial charge in [-0.1, -0.05) is 23.7 Å².